The molecule has 0 spiro atoms. The number of nitrogens with zero attached hydrogens (tertiary/aromatic N) is 1. The molecule has 0 atom stereocenters. The summed E-state index contributed by atoms with van der Waals surface area (Å²) < 4.78 is 5.35. The Hall–Kier alpha value is -4.44. The van der Waals surface area contributed by atoms with E-state index in [1.54, 1.807) is 13.3 Å². The number of hydrogen-bond donors (Lipinski definition) is 1. The number of anilines is 1. The van der Waals surface area contributed by atoms with Crippen molar-refractivity contribution in [3.05, 3.63) is 138 Å². The summed E-state index contributed by atoms with van der Waals surface area (Å²) in [6.07, 6.45) is 2.23. The maximum atomic E-state index is 14.4. The van der Waals surface area contributed by atoms with E-state index in [1.807, 2.05) is 115 Å². The van der Waals surface area contributed by atoms with Gasteiger partial charge < -0.3 is 10.1 Å². The van der Waals surface area contributed by atoms with Gasteiger partial charge >= 0.3 is 0 Å². The van der Waals surface area contributed by atoms with Gasteiger partial charge in [0.25, 0.3) is 0 Å². The van der Waals surface area contributed by atoms with Crippen LogP contribution in [0.5, 0.6) is 5.75 Å². The van der Waals surface area contributed by atoms with Gasteiger partial charge in [0.05, 0.1) is 18.3 Å². The number of para-hydroxylation sites is 1. The summed E-state index contributed by atoms with van der Waals surface area (Å²) in [5, 5.41) is 4.22. The number of methoxy groups -OCH3 is 1. The summed E-state index contributed by atoms with van der Waals surface area (Å²) >= 11 is 0. The summed E-state index contributed by atoms with van der Waals surface area (Å²) in [5.41, 5.74) is 3.38. The second-order valence-corrected chi connectivity index (χ2v) is 8.50. The van der Waals surface area contributed by atoms with E-state index < -0.39 is 5.41 Å². The normalized spacial score (nSPS) is 11.2. The molecule has 0 aliphatic rings. The molecule has 0 unspecified atom stereocenters. The average molecular weight is 459 g/mol. The van der Waals surface area contributed by atoms with Gasteiger partial charge in [-0.15, -0.1) is 0 Å². The van der Waals surface area contributed by atoms with Crippen LogP contribution in [0.25, 0.3) is 10.9 Å². The second kappa shape index (κ2) is 9.82. The zero-order valence-electron chi connectivity index (χ0n) is 19.5. The first-order valence-electron chi connectivity index (χ1n) is 11.6. The van der Waals surface area contributed by atoms with Crippen molar-refractivity contribution in [2.75, 3.05) is 12.4 Å². The lowest BCUT2D eigenvalue weighted by Crippen LogP contribution is -2.43. The van der Waals surface area contributed by atoms with E-state index in [-0.39, 0.29) is 5.91 Å². The number of hydrogen-bond acceptors (Lipinski definition) is 3. The van der Waals surface area contributed by atoms with E-state index in [2.05, 4.69) is 10.3 Å². The Labute approximate surface area is 205 Å². The number of carbonyl (C=O) groups is 1. The predicted octanol–water partition coefficient (Wildman–Crippen LogP) is 6.41. The van der Waals surface area contributed by atoms with Crippen molar-refractivity contribution in [2.45, 2.75) is 11.8 Å². The molecule has 172 valence electrons. The zero-order valence-corrected chi connectivity index (χ0v) is 19.5. The highest BCUT2D eigenvalue weighted by Gasteiger charge is 2.42. The molecular weight excluding hydrogens is 432 g/mol. The Balaban J connectivity index is 1.67. The lowest BCUT2D eigenvalue weighted by molar-refractivity contribution is -0.120. The molecule has 0 radical (unpaired) electrons. The molecule has 4 nitrogen and oxygen atoms in total. The average Bonchev–Trinajstić information content (AvgIpc) is 2.93. The fourth-order valence-corrected chi connectivity index (χ4v) is 4.64. The molecule has 5 aromatic rings. The molecule has 4 aromatic carbocycles. The number of aromatic nitrogens is 1. The summed E-state index contributed by atoms with van der Waals surface area (Å²) in [6.45, 7) is 0. The molecule has 4 heteroatoms. The first-order valence-corrected chi connectivity index (χ1v) is 11.6. The van der Waals surface area contributed by atoms with Crippen molar-refractivity contribution in [2.24, 2.45) is 0 Å². The number of amides is 1. The molecule has 1 N–H and O–H groups in total. The van der Waals surface area contributed by atoms with E-state index in [1.165, 1.54) is 0 Å². The Morgan fingerprint density at radius 1 is 0.771 bits per heavy atom. The van der Waals surface area contributed by atoms with Gasteiger partial charge in [-0.05, 0) is 47.4 Å². The Kier molecular flexibility index (Phi) is 6.27. The van der Waals surface area contributed by atoms with Gasteiger partial charge in [0.15, 0.2) is 0 Å². The summed E-state index contributed by atoms with van der Waals surface area (Å²) in [6, 6.07) is 37.6. The van der Waals surface area contributed by atoms with Crippen LogP contribution in [0.1, 0.15) is 16.7 Å². The lowest BCUT2D eigenvalue weighted by Gasteiger charge is -2.34. The number of carbonyl (C=O) groups excluding carboxylic acids is 1. The standard InChI is InChI=1S/C31H26N2O2/c1-35-27-19-17-23(18-20-27)22-31(25-12-4-2-5-13-25,26-14-6-3-7-15-26)30(34)33-28-16-8-10-24-11-9-21-32-29(24)28/h2-21H,22H2,1H3,(H,33,34). The number of nitrogens with one attached hydrogen (secondary N) is 1. The number of benzene rings is 4. The molecule has 0 fully saturated rings. The molecule has 0 saturated carbocycles. The smallest absolute Gasteiger partial charge is 0.239 e. The second-order valence-electron chi connectivity index (χ2n) is 8.50. The van der Waals surface area contributed by atoms with Crippen molar-refractivity contribution in [1.82, 2.24) is 4.98 Å². The summed E-state index contributed by atoms with van der Waals surface area (Å²) in [5.74, 6) is 0.675. The monoisotopic (exact) mass is 458 g/mol. The van der Waals surface area contributed by atoms with Crippen molar-refractivity contribution in [3.8, 4) is 5.75 Å². The van der Waals surface area contributed by atoms with Gasteiger partial charge in [0.1, 0.15) is 11.2 Å². The van der Waals surface area contributed by atoms with E-state index in [9.17, 15) is 4.79 Å². The maximum Gasteiger partial charge on any atom is 0.239 e. The van der Waals surface area contributed by atoms with Crippen molar-refractivity contribution >= 4 is 22.5 Å². The van der Waals surface area contributed by atoms with E-state index in [0.29, 0.717) is 12.1 Å². The summed E-state index contributed by atoms with van der Waals surface area (Å²) in [7, 11) is 1.65. The third-order valence-electron chi connectivity index (χ3n) is 6.43. The van der Waals surface area contributed by atoms with E-state index in [0.717, 1.165) is 33.3 Å². The number of rotatable bonds is 7. The third kappa shape index (κ3) is 4.38. The largest absolute Gasteiger partial charge is 0.497 e. The van der Waals surface area contributed by atoms with Crippen molar-refractivity contribution in [1.29, 1.82) is 0 Å². The first-order chi connectivity index (χ1) is 17.2. The van der Waals surface area contributed by atoms with Crippen LogP contribution in [-0.2, 0) is 16.6 Å². The molecule has 0 saturated heterocycles. The zero-order chi connectivity index (χ0) is 24.1. The molecular formula is C31H26N2O2. The van der Waals surface area contributed by atoms with Crippen LogP contribution >= 0.6 is 0 Å². The molecule has 1 heterocycles. The van der Waals surface area contributed by atoms with Crippen LogP contribution < -0.4 is 10.1 Å². The van der Waals surface area contributed by atoms with Crippen molar-refractivity contribution < 1.29 is 9.53 Å². The van der Waals surface area contributed by atoms with Crippen LogP contribution in [-0.4, -0.2) is 18.0 Å². The molecule has 5 rings (SSSR count). The first kappa shape index (κ1) is 22.4. The number of fused-ring (bicyclic) bond motifs is 1. The highest BCUT2D eigenvalue weighted by molar-refractivity contribution is 6.06. The van der Waals surface area contributed by atoms with Gasteiger partial charge in [0.2, 0.25) is 5.91 Å². The Morgan fingerprint density at radius 2 is 1.40 bits per heavy atom. The fourth-order valence-electron chi connectivity index (χ4n) is 4.64. The van der Waals surface area contributed by atoms with Crippen LogP contribution in [0.15, 0.2) is 121 Å². The van der Waals surface area contributed by atoms with Crippen LogP contribution in [0.2, 0.25) is 0 Å². The number of pyridine rings is 1. The van der Waals surface area contributed by atoms with E-state index in [4.69, 9.17) is 4.74 Å². The Morgan fingerprint density at radius 3 is 2.03 bits per heavy atom. The van der Waals surface area contributed by atoms with Crippen LogP contribution in [0.3, 0.4) is 0 Å². The fraction of sp³-hybridized carbons (Fsp3) is 0.0968. The van der Waals surface area contributed by atoms with Crippen LogP contribution in [0, 0.1) is 0 Å². The minimum Gasteiger partial charge on any atom is -0.497 e. The molecule has 0 aliphatic carbocycles. The van der Waals surface area contributed by atoms with Gasteiger partial charge in [-0.3, -0.25) is 9.78 Å². The minimum atomic E-state index is -0.964. The summed E-state index contributed by atoms with van der Waals surface area (Å²) in [4.78, 5) is 19.0. The molecule has 0 aliphatic heterocycles. The number of ether oxygens (including phenoxy) is 1. The third-order valence-corrected chi connectivity index (χ3v) is 6.43. The van der Waals surface area contributed by atoms with Gasteiger partial charge in [-0.25, -0.2) is 0 Å². The predicted molar refractivity (Wildman–Crippen MR) is 141 cm³/mol. The molecule has 1 aromatic heterocycles. The minimum absolute atomic E-state index is 0.108. The van der Waals surface area contributed by atoms with Crippen LogP contribution in [0.4, 0.5) is 5.69 Å². The molecule has 35 heavy (non-hydrogen) atoms. The molecule has 0 bridgehead atoms. The van der Waals surface area contributed by atoms with Gasteiger partial charge in [-0.2, -0.15) is 0 Å². The van der Waals surface area contributed by atoms with Gasteiger partial charge in [0, 0.05) is 11.6 Å². The topological polar surface area (TPSA) is 51.2 Å². The molecule has 1 amide bonds. The SMILES string of the molecule is COc1ccc(CC(C(=O)Nc2cccc3cccnc23)(c2ccccc2)c2ccccc2)cc1. The van der Waals surface area contributed by atoms with Crippen molar-refractivity contribution in [3.63, 3.8) is 0 Å². The maximum absolute atomic E-state index is 14.4. The highest BCUT2D eigenvalue weighted by Crippen LogP contribution is 2.38. The lowest BCUT2D eigenvalue weighted by atomic mass is 9.69. The Bertz CT molecular complexity index is 1390. The quantitative estimate of drug-likeness (QED) is 0.307. The van der Waals surface area contributed by atoms with Gasteiger partial charge in [-0.1, -0.05) is 91.0 Å². The highest BCUT2D eigenvalue weighted by atomic mass is 16.5. The van der Waals surface area contributed by atoms with E-state index >= 15 is 0 Å².